The molecule has 1 N–H and O–H groups in total. The van der Waals surface area contributed by atoms with Crippen LogP contribution in [0.1, 0.15) is 110 Å². The van der Waals surface area contributed by atoms with Crippen molar-refractivity contribution >= 4 is 5.84 Å². The second kappa shape index (κ2) is 15.7. The third kappa shape index (κ3) is 12.6. The Morgan fingerprint density at radius 2 is 1.38 bits per heavy atom. The van der Waals surface area contributed by atoms with Crippen molar-refractivity contribution in [3.05, 3.63) is 12.2 Å². The summed E-state index contributed by atoms with van der Waals surface area (Å²) in [6.07, 6.45) is 25.3. The molecule has 0 saturated heterocycles. The molecule has 2 heteroatoms. The summed E-state index contributed by atoms with van der Waals surface area (Å²) in [4.78, 5) is 4.52. The van der Waals surface area contributed by atoms with Crippen LogP contribution in [0.2, 0.25) is 0 Å². The van der Waals surface area contributed by atoms with Crippen LogP contribution in [0.25, 0.3) is 0 Å². The maximum absolute atomic E-state index is 4.52. The molecule has 140 valence electrons. The van der Waals surface area contributed by atoms with Crippen LogP contribution in [0.4, 0.5) is 0 Å². The van der Waals surface area contributed by atoms with Gasteiger partial charge in [-0.2, -0.15) is 0 Å². The average molecular weight is 335 g/mol. The molecule has 0 bridgehead atoms. The van der Waals surface area contributed by atoms with Gasteiger partial charge in [-0.1, -0.05) is 76.9 Å². The molecule has 1 rings (SSSR count). The van der Waals surface area contributed by atoms with Crippen LogP contribution < -0.4 is 5.32 Å². The molecule has 0 saturated carbocycles. The van der Waals surface area contributed by atoms with Gasteiger partial charge >= 0.3 is 0 Å². The predicted molar refractivity (Wildman–Crippen MR) is 109 cm³/mol. The number of unbranched alkanes of at least 4 members (excludes halogenated alkanes) is 12. The lowest BCUT2D eigenvalue weighted by molar-refractivity contribution is 0.599. The third-order valence-corrected chi connectivity index (χ3v) is 4.89. The number of rotatable bonds is 16. The summed E-state index contributed by atoms with van der Waals surface area (Å²) in [5.74, 6) is 1.25. The fourth-order valence-corrected chi connectivity index (χ4v) is 3.31. The van der Waals surface area contributed by atoms with Gasteiger partial charge in [0.05, 0.1) is 12.4 Å². The summed E-state index contributed by atoms with van der Waals surface area (Å²) < 4.78 is 0. The first kappa shape index (κ1) is 21.3. The van der Waals surface area contributed by atoms with Crippen molar-refractivity contribution in [3.63, 3.8) is 0 Å². The molecule has 1 aliphatic rings. The summed E-state index contributed by atoms with van der Waals surface area (Å²) in [6, 6.07) is 0.564. The molecule has 0 aromatic rings. The van der Waals surface area contributed by atoms with Crippen molar-refractivity contribution in [1.29, 1.82) is 0 Å². The van der Waals surface area contributed by atoms with Gasteiger partial charge in [-0.15, -0.1) is 0 Å². The van der Waals surface area contributed by atoms with E-state index < -0.39 is 0 Å². The first-order chi connectivity index (χ1) is 11.8. The van der Waals surface area contributed by atoms with Crippen LogP contribution in [0.5, 0.6) is 0 Å². The van der Waals surface area contributed by atoms with Crippen LogP contribution >= 0.6 is 0 Å². The molecule has 0 aromatic carbocycles. The van der Waals surface area contributed by atoms with Crippen molar-refractivity contribution in [2.75, 3.05) is 6.54 Å². The zero-order valence-electron chi connectivity index (χ0n) is 16.5. The lowest BCUT2D eigenvalue weighted by Crippen LogP contribution is -2.26. The third-order valence-electron chi connectivity index (χ3n) is 4.89. The van der Waals surface area contributed by atoms with Gasteiger partial charge in [0.25, 0.3) is 0 Å². The summed E-state index contributed by atoms with van der Waals surface area (Å²) >= 11 is 0. The molecule has 1 atom stereocenters. The largest absolute Gasteiger partial charge is 0.370 e. The van der Waals surface area contributed by atoms with E-state index in [1.807, 2.05) is 0 Å². The highest BCUT2D eigenvalue weighted by atomic mass is 15.1. The number of nitrogens with zero attached hydrogens (tertiary/aromatic N) is 1. The number of hydrogen-bond donors (Lipinski definition) is 1. The monoisotopic (exact) mass is 334 g/mol. The SMILES string of the molecule is CCCCCCCCC=CCCCCCCCCC1=NCC(C)N1. The van der Waals surface area contributed by atoms with E-state index >= 15 is 0 Å². The molecule has 1 unspecified atom stereocenters. The smallest absolute Gasteiger partial charge is 0.0966 e. The van der Waals surface area contributed by atoms with E-state index in [0.717, 1.165) is 13.0 Å². The van der Waals surface area contributed by atoms with E-state index in [-0.39, 0.29) is 0 Å². The summed E-state index contributed by atoms with van der Waals surface area (Å²) in [6.45, 7) is 5.46. The Balaban J connectivity index is 1.73. The van der Waals surface area contributed by atoms with Gasteiger partial charge in [0.1, 0.15) is 0 Å². The fraction of sp³-hybridized carbons (Fsp3) is 0.864. The zero-order chi connectivity index (χ0) is 17.3. The highest BCUT2D eigenvalue weighted by Gasteiger charge is 2.10. The van der Waals surface area contributed by atoms with Crippen molar-refractivity contribution in [2.45, 2.75) is 116 Å². The van der Waals surface area contributed by atoms with E-state index in [4.69, 9.17) is 0 Å². The lowest BCUT2D eigenvalue weighted by atomic mass is 10.1. The first-order valence-electron chi connectivity index (χ1n) is 10.8. The Bertz CT molecular complexity index is 333. The normalized spacial score (nSPS) is 17.4. The van der Waals surface area contributed by atoms with Crippen LogP contribution in [-0.4, -0.2) is 18.4 Å². The summed E-state index contributed by atoms with van der Waals surface area (Å²) in [5, 5.41) is 3.45. The molecule has 0 amide bonds. The zero-order valence-corrected chi connectivity index (χ0v) is 16.5. The maximum Gasteiger partial charge on any atom is 0.0966 e. The Labute approximate surface area is 151 Å². The Hall–Kier alpha value is -0.790. The van der Waals surface area contributed by atoms with Gasteiger partial charge in [0.15, 0.2) is 0 Å². The van der Waals surface area contributed by atoms with Crippen LogP contribution in [-0.2, 0) is 0 Å². The minimum Gasteiger partial charge on any atom is -0.370 e. The number of aliphatic imine (C=N–C) groups is 1. The van der Waals surface area contributed by atoms with Gasteiger partial charge in [0, 0.05) is 12.5 Å². The minimum absolute atomic E-state index is 0.564. The highest BCUT2D eigenvalue weighted by Crippen LogP contribution is 2.11. The molecule has 24 heavy (non-hydrogen) atoms. The number of amidine groups is 1. The molecular formula is C22H42N2. The molecular weight excluding hydrogens is 292 g/mol. The van der Waals surface area contributed by atoms with Gasteiger partial charge in [-0.3, -0.25) is 4.99 Å². The number of allylic oxidation sites excluding steroid dienone is 2. The van der Waals surface area contributed by atoms with Crippen LogP contribution in [0.15, 0.2) is 17.1 Å². The van der Waals surface area contributed by atoms with Gasteiger partial charge in [-0.25, -0.2) is 0 Å². The summed E-state index contributed by atoms with van der Waals surface area (Å²) in [7, 11) is 0. The van der Waals surface area contributed by atoms with Gasteiger partial charge in [0.2, 0.25) is 0 Å². The van der Waals surface area contributed by atoms with E-state index in [0.29, 0.717) is 6.04 Å². The highest BCUT2D eigenvalue weighted by molar-refractivity contribution is 5.83. The number of hydrogen-bond acceptors (Lipinski definition) is 2. The van der Waals surface area contributed by atoms with E-state index in [1.165, 1.54) is 95.7 Å². The molecule has 0 aliphatic carbocycles. The van der Waals surface area contributed by atoms with Crippen molar-refractivity contribution < 1.29 is 0 Å². The fourth-order valence-electron chi connectivity index (χ4n) is 3.31. The lowest BCUT2D eigenvalue weighted by Gasteiger charge is -2.05. The molecule has 0 spiro atoms. The Morgan fingerprint density at radius 3 is 1.92 bits per heavy atom. The molecule has 1 aliphatic heterocycles. The first-order valence-corrected chi connectivity index (χ1v) is 10.8. The second-order valence-corrected chi connectivity index (χ2v) is 7.52. The molecule has 2 nitrogen and oxygen atoms in total. The van der Waals surface area contributed by atoms with Crippen molar-refractivity contribution in [3.8, 4) is 0 Å². The average Bonchev–Trinajstić information content (AvgIpc) is 3.00. The van der Waals surface area contributed by atoms with E-state index in [1.54, 1.807) is 0 Å². The molecule has 1 heterocycles. The van der Waals surface area contributed by atoms with E-state index in [2.05, 4.69) is 36.3 Å². The summed E-state index contributed by atoms with van der Waals surface area (Å²) in [5.41, 5.74) is 0. The van der Waals surface area contributed by atoms with Crippen LogP contribution in [0.3, 0.4) is 0 Å². The van der Waals surface area contributed by atoms with E-state index in [9.17, 15) is 0 Å². The molecule has 0 fully saturated rings. The Kier molecular flexibility index (Phi) is 13.9. The quantitative estimate of drug-likeness (QED) is 0.243. The number of nitrogens with one attached hydrogen (secondary N) is 1. The predicted octanol–water partition coefficient (Wildman–Crippen LogP) is 6.80. The maximum atomic E-state index is 4.52. The van der Waals surface area contributed by atoms with Gasteiger partial charge in [-0.05, 0) is 39.0 Å². The van der Waals surface area contributed by atoms with Crippen molar-refractivity contribution in [1.82, 2.24) is 5.32 Å². The standard InChI is InChI=1S/C22H42N2/c1-3-4-5-6-7-8-9-10-11-12-13-14-15-16-17-18-19-22-23-20-21(2)24-22/h10-11,21H,3-9,12-20H2,1-2H3,(H,23,24). The van der Waals surface area contributed by atoms with Gasteiger partial charge < -0.3 is 5.32 Å². The topological polar surface area (TPSA) is 24.4 Å². The van der Waals surface area contributed by atoms with Crippen molar-refractivity contribution in [2.24, 2.45) is 4.99 Å². The second-order valence-electron chi connectivity index (χ2n) is 7.52. The molecule has 0 radical (unpaired) electrons. The molecule has 0 aromatic heterocycles. The minimum atomic E-state index is 0.564. The Morgan fingerprint density at radius 1 is 0.833 bits per heavy atom. The van der Waals surface area contributed by atoms with Crippen LogP contribution in [0, 0.1) is 0 Å².